The van der Waals surface area contributed by atoms with E-state index in [0.717, 1.165) is 22.4 Å². The summed E-state index contributed by atoms with van der Waals surface area (Å²) in [4.78, 5) is 17.4. The Hall–Kier alpha value is -3.03. The fraction of sp³-hybridized carbons (Fsp3) is 0.136. The van der Waals surface area contributed by atoms with Gasteiger partial charge < -0.3 is 9.73 Å². The number of anilines is 1. The van der Waals surface area contributed by atoms with Crippen LogP contribution in [0.15, 0.2) is 64.4 Å². The van der Waals surface area contributed by atoms with Crippen LogP contribution in [0.3, 0.4) is 0 Å². The molecule has 0 fully saturated rings. The molecule has 0 radical (unpaired) electrons. The van der Waals surface area contributed by atoms with Crippen molar-refractivity contribution in [2.24, 2.45) is 0 Å². The van der Waals surface area contributed by atoms with E-state index in [1.165, 1.54) is 16.9 Å². The highest BCUT2D eigenvalue weighted by Gasteiger charge is 2.12. The second-order valence-corrected chi connectivity index (χ2v) is 8.22. The number of amides is 1. The number of nitrogens with zero attached hydrogens (tertiary/aromatic N) is 1. The first kappa shape index (κ1) is 19.3. The van der Waals surface area contributed by atoms with Crippen LogP contribution in [0.5, 0.6) is 0 Å². The largest absolute Gasteiger partial charge is 0.436 e. The molecule has 0 saturated carbocycles. The number of benzene rings is 2. The van der Waals surface area contributed by atoms with Crippen molar-refractivity contribution in [1.82, 2.24) is 10.3 Å². The fourth-order valence-corrected chi connectivity index (χ4v) is 3.72. The maximum atomic E-state index is 12.1. The van der Waals surface area contributed by atoms with Gasteiger partial charge in [-0.15, -0.1) is 11.3 Å². The molecule has 0 aliphatic heterocycles. The van der Waals surface area contributed by atoms with Crippen LogP contribution in [0.4, 0.5) is 5.69 Å². The van der Waals surface area contributed by atoms with E-state index in [4.69, 9.17) is 16.6 Å². The zero-order chi connectivity index (χ0) is 20.4. The van der Waals surface area contributed by atoms with Crippen molar-refractivity contribution >= 4 is 51.4 Å². The summed E-state index contributed by atoms with van der Waals surface area (Å²) in [7, 11) is 0. The number of nitrogens with one attached hydrogen (secondary N) is 2. The van der Waals surface area contributed by atoms with Crippen molar-refractivity contribution < 1.29 is 9.21 Å². The molecule has 2 aromatic heterocycles. The van der Waals surface area contributed by atoms with Gasteiger partial charge in [0.15, 0.2) is 10.7 Å². The van der Waals surface area contributed by atoms with Gasteiger partial charge in [0.2, 0.25) is 5.89 Å². The molecule has 2 N–H and O–H groups in total. The van der Waals surface area contributed by atoms with Crippen LogP contribution < -0.4 is 10.6 Å². The second-order valence-electron chi connectivity index (χ2n) is 6.87. The summed E-state index contributed by atoms with van der Waals surface area (Å²) < 4.78 is 5.92. The van der Waals surface area contributed by atoms with Crippen LogP contribution >= 0.6 is 23.6 Å². The molecular weight excluding hydrogens is 402 g/mol. The minimum atomic E-state index is -0.228. The summed E-state index contributed by atoms with van der Waals surface area (Å²) in [5.74, 6) is 0.740. The van der Waals surface area contributed by atoms with Crippen LogP contribution in [0.2, 0.25) is 0 Å². The molecule has 29 heavy (non-hydrogen) atoms. The quantitative estimate of drug-likeness (QED) is 0.407. The molecule has 5 nitrogen and oxygen atoms in total. The van der Waals surface area contributed by atoms with Crippen molar-refractivity contribution in [3.05, 3.63) is 70.4 Å². The summed E-state index contributed by atoms with van der Waals surface area (Å²) in [6, 6.07) is 17.2. The predicted octanol–water partition coefficient (Wildman–Crippen LogP) is 5.81. The number of fused-ring (bicyclic) bond motifs is 1. The molecule has 0 saturated heterocycles. The Kier molecular flexibility index (Phi) is 5.42. The van der Waals surface area contributed by atoms with Gasteiger partial charge in [0.25, 0.3) is 5.91 Å². The van der Waals surface area contributed by atoms with E-state index in [1.54, 1.807) is 6.07 Å². The Morgan fingerprint density at radius 1 is 1.14 bits per heavy atom. The number of thiocarbonyl (C=S) groups is 1. The lowest BCUT2D eigenvalue weighted by Crippen LogP contribution is -2.33. The molecule has 0 unspecified atom stereocenters. The first-order chi connectivity index (χ1) is 14.0. The van der Waals surface area contributed by atoms with Gasteiger partial charge in [0, 0.05) is 11.3 Å². The summed E-state index contributed by atoms with van der Waals surface area (Å²) in [5.41, 5.74) is 4.37. The van der Waals surface area contributed by atoms with Crippen molar-refractivity contribution in [3.8, 4) is 11.5 Å². The summed E-state index contributed by atoms with van der Waals surface area (Å²) >= 11 is 6.62. The maximum Gasteiger partial charge on any atom is 0.267 e. The van der Waals surface area contributed by atoms with E-state index in [-0.39, 0.29) is 11.0 Å². The lowest BCUT2D eigenvalue weighted by atomic mass is 10.0. The van der Waals surface area contributed by atoms with Gasteiger partial charge in [0.1, 0.15) is 5.52 Å². The molecule has 0 aliphatic carbocycles. The number of oxazole rings is 1. The molecule has 0 aliphatic rings. The Labute approximate surface area is 177 Å². The summed E-state index contributed by atoms with van der Waals surface area (Å²) in [6.07, 6.45) is 0. The highest BCUT2D eigenvalue weighted by molar-refractivity contribution is 7.80. The van der Waals surface area contributed by atoms with E-state index < -0.39 is 0 Å². The number of carbonyl (C=O) groups excluding carboxylic acids is 1. The number of hydrogen-bond donors (Lipinski definition) is 2. The van der Waals surface area contributed by atoms with Gasteiger partial charge in [-0.3, -0.25) is 10.1 Å². The highest BCUT2D eigenvalue weighted by atomic mass is 32.1. The summed E-state index contributed by atoms with van der Waals surface area (Å²) in [6.45, 7) is 4.30. The van der Waals surface area contributed by atoms with Gasteiger partial charge in [-0.1, -0.05) is 32.0 Å². The molecule has 1 amide bonds. The van der Waals surface area contributed by atoms with Crippen molar-refractivity contribution in [2.75, 3.05) is 5.32 Å². The standard InChI is InChI=1S/C22H19N3O2S2/c1-13(2)14-8-9-18-17(12-14)24-21(27-18)15-5-3-6-16(11-15)23-22(28)25-20(26)19-7-4-10-29-19/h3-13H,1-2H3,(H2,23,25,26,28). The number of rotatable bonds is 4. The Bertz CT molecular complexity index is 1180. The second kappa shape index (κ2) is 8.14. The molecule has 7 heteroatoms. The smallest absolute Gasteiger partial charge is 0.267 e. The third-order valence-corrected chi connectivity index (χ3v) is 5.49. The van der Waals surface area contributed by atoms with Crippen molar-refractivity contribution in [3.63, 3.8) is 0 Å². The van der Waals surface area contributed by atoms with E-state index in [2.05, 4.69) is 41.6 Å². The van der Waals surface area contributed by atoms with Crippen molar-refractivity contribution in [2.45, 2.75) is 19.8 Å². The van der Waals surface area contributed by atoms with Gasteiger partial charge in [-0.05, 0) is 65.5 Å². The summed E-state index contributed by atoms with van der Waals surface area (Å²) in [5, 5.41) is 7.80. The van der Waals surface area contributed by atoms with Crippen LogP contribution in [0.1, 0.15) is 35.0 Å². The van der Waals surface area contributed by atoms with Crippen LogP contribution in [0.25, 0.3) is 22.6 Å². The van der Waals surface area contributed by atoms with E-state index >= 15 is 0 Å². The zero-order valence-electron chi connectivity index (χ0n) is 15.9. The topological polar surface area (TPSA) is 67.2 Å². The van der Waals surface area contributed by atoms with E-state index in [9.17, 15) is 4.79 Å². The molecule has 2 aromatic carbocycles. The van der Waals surface area contributed by atoms with Crippen molar-refractivity contribution in [1.29, 1.82) is 0 Å². The molecule has 0 atom stereocenters. The monoisotopic (exact) mass is 421 g/mol. The predicted molar refractivity (Wildman–Crippen MR) is 122 cm³/mol. The molecule has 4 rings (SSSR count). The normalized spacial score (nSPS) is 11.0. The van der Waals surface area contributed by atoms with Gasteiger partial charge in [0.05, 0.1) is 4.88 Å². The molecule has 146 valence electrons. The maximum absolute atomic E-state index is 12.1. The van der Waals surface area contributed by atoms with Gasteiger partial charge >= 0.3 is 0 Å². The molecule has 0 bridgehead atoms. The number of aromatic nitrogens is 1. The zero-order valence-corrected chi connectivity index (χ0v) is 17.6. The first-order valence-corrected chi connectivity index (χ1v) is 10.4. The fourth-order valence-electron chi connectivity index (χ4n) is 2.89. The molecule has 4 aromatic rings. The SMILES string of the molecule is CC(C)c1ccc2oc(-c3cccc(NC(=S)NC(=O)c4cccs4)c3)nc2c1. The van der Waals surface area contributed by atoms with Crippen LogP contribution in [-0.4, -0.2) is 16.0 Å². The Morgan fingerprint density at radius 2 is 2.00 bits per heavy atom. The van der Waals surface area contributed by atoms with Crippen LogP contribution in [0, 0.1) is 0 Å². The van der Waals surface area contributed by atoms with Gasteiger partial charge in [-0.25, -0.2) is 4.98 Å². The minimum Gasteiger partial charge on any atom is -0.436 e. The first-order valence-electron chi connectivity index (χ1n) is 9.16. The van der Waals surface area contributed by atoms with Crippen LogP contribution in [-0.2, 0) is 0 Å². The molecule has 2 heterocycles. The molecular formula is C22H19N3O2S2. The third-order valence-electron chi connectivity index (χ3n) is 4.42. The lowest BCUT2D eigenvalue weighted by molar-refractivity contribution is 0.0981. The Balaban J connectivity index is 1.52. The number of carbonyl (C=O) groups is 1. The Morgan fingerprint density at radius 3 is 2.76 bits per heavy atom. The average Bonchev–Trinajstić information content (AvgIpc) is 3.37. The average molecular weight is 422 g/mol. The lowest BCUT2D eigenvalue weighted by Gasteiger charge is -2.09. The van der Waals surface area contributed by atoms with E-state index in [0.29, 0.717) is 16.7 Å². The third kappa shape index (κ3) is 4.36. The highest BCUT2D eigenvalue weighted by Crippen LogP contribution is 2.28. The van der Waals surface area contributed by atoms with E-state index in [1.807, 2.05) is 41.8 Å². The number of hydrogen-bond acceptors (Lipinski definition) is 5. The number of thiophene rings is 1. The minimum absolute atomic E-state index is 0.228. The van der Waals surface area contributed by atoms with Gasteiger partial charge in [-0.2, -0.15) is 0 Å². The molecule has 0 spiro atoms.